The topological polar surface area (TPSA) is 75.3 Å². The molecule has 0 radical (unpaired) electrons. The van der Waals surface area contributed by atoms with E-state index < -0.39 is 15.9 Å². The van der Waals surface area contributed by atoms with E-state index in [1.165, 1.54) is 6.07 Å². The van der Waals surface area contributed by atoms with E-state index in [0.29, 0.717) is 22.0 Å². The second-order valence-corrected chi connectivity index (χ2v) is 8.94. The first kappa shape index (κ1) is 20.9. The quantitative estimate of drug-likeness (QED) is 0.577. The van der Waals surface area contributed by atoms with Gasteiger partial charge in [0.15, 0.2) is 0 Å². The first-order valence-electron chi connectivity index (χ1n) is 8.93. The third kappa shape index (κ3) is 4.96. The first-order valence-corrected chi connectivity index (χ1v) is 10.8. The predicted octanol–water partition coefficient (Wildman–Crippen LogP) is 5.32. The lowest BCUT2D eigenvalue weighted by Gasteiger charge is -2.13. The van der Waals surface area contributed by atoms with E-state index in [1.807, 2.05) is 19.9 Å². The van der Waals surface area contributed by atoms with E-state index >= 15 is 0 Å². The van der Waals surface area contributed by atoms with E-state index in [0.717, 1.165) is 11.1 Å². The summed E-state index contributed by atoms with van der Waals surface area (Å²) in [5, 5.41) is 3.22. The molecule has 0 aliphatic heterocycles. The molecule has 3 aromatic carbocycles. The predicted molar refractivity (Wildman–Crippen MR) is 117 cm³/mol. The molecule has 2 N–H and O–H groups in total. The van der Waals surface area contributed by atoms with E-state index in [4.69, 9.17) is 11.6 Å². The summed E-state index contributed by atoms with van der Waals surface area (Å²) in [5.41, 5.74) is 3.83. The summed E-state index contributed by atoms with van der Waals surface area (Å²) in [6.45, 7) is 5.56. The summed E-state index contributed by atoms with van der Waals surface area (Å²) in [7, 11) is -3.86. The van der Waals surface area contributed by atoms with Gasteiger partial charge in [0.2, 0.25) is 0 Å². The van der Waals surface area contributed by atoms with Crippen molar-refractivity contribution < 1.29 is 13.2 Å². The van der Waals surface area contributed by atoms with Gasteiger partial charge in [-0.15, -0.1) is 0 Å². The molecule has 0 spiro atoms. The Kier molecular flexibility index (Phi) is 5.96. The standard InChI is InChI=1S/C22H21ClN2O3S/c1-14-8-10-20(11-16(14)3)25-29(27,28)21-12-17(9-7-15(21)2)22(26)24-19-6-4-5-18(23)13-19/h4-13,25H,1-3H3,(H,24,26). The molecule has 3 aromatic rings. The number of halogens is 1. The van der Waals surface area contributed by atoms with Crippen LogP contribution in [0.2, 0.25) is 5.02 Å². The number of hydrogen-bond donors (Lipinski definition) is 2. The number of hydrogen-bond acceptors (Lipinski definition) is 3. The van der Waals surface area contributed by atoms with Crippen LogP contribution in [0.15, 0.2) is 65.6 Å². The lowest BCUT2D eigenvalue weighted by molar-refractivity contribution is 0.102. The van der Waals surface area contributed by atoms with E-state index in [9.17, 15) is 13.2 Å². The van der Waals surface area contributed by atoms with Gasteiger partial charge in [0.1, 0.15) is 0 Å². The van der Waals surface area contributed by atoms with Crippen molar-refractivity contribution >= 4 is 38.9 Å². The zero-order chi connectivity index (χ0) is 21.2. The van der Waals surface area contributed by atoms with Crippen molar-refractivity contribution in [1.82, 2.24) is 0 Å². The summed E-state index contributed by atoms with van der Waals surface area (Å²) in [5.74, 6) is -0.421. The lowest BCUT2D eigenvalue weighted by atomic mass is 10.1. The molecule has 0 heterocycles. The van der Waals surface area contributed by atoms with Crippen molar-refractivity contribution in [3.05, 3.63) is 87.9 Å². The average Bonchev–Trinajstić information content (AvgIpc) is 2.64. The Morgan fingerprint density at radius 3 is 2.24 bits per heavy atom. The number of sulfonamides is 1. The third-order valence-corrected chi connectivity index (χ3v) is 6.34. The SMILES string of the molecule is Cc1ccc(NS(=O)(=O)c2cc(C(=O)Nc3cccc(Cl)c3)ccc2C)cc1C. The number of aryl methyl sites for hydroxylation is 3. The van der Waals surface area contributed by atoms with Crippen molar-refractivity contribution in [2.75, 3.05) is 10.0 Å². The van der Waals surface area contributed by atoms with Crippen molar-refractivity contribution in [3.63, 3.8) is 0 Å². The normalized spacial score (nSPS) is 11.2. The largest absolute Gasteiger partial charge is 0.322 e. The molecule has 29 heavy (non-hydrogen) atoms. The summed E-state index contributed by atoms with van der Waals surface area (Å²) >= 11 is 5.94. The highest BCUT2D eigenvalue weighted by atomic mass is 35.5. The molecule has 1 amide bonds. The first-order chi connectivity index (χ1) is 13.7. The number of benzene rings is 3. The number of carbonyl (C=O) groups is 1. The molecule has 7 heteroatoms. The fourth-order valence-corrected chi connectivity index (χ4v) is 4.33. The molecule has 150 valence electrons. The van der Waals surface area contributed by atoms with Gasteiger partial charge >= 0.3 is 0 Å². The fourth-order valence-electron chi connectivity index (χ4n) is 2.82. The van der Waals surface area contributed by atoms with E-state index in [2.05, 4.69) is 10.0 Å². The Morgan fingerprint density at radius 2 is 1.55 bits per heavy atom. The van der Waals surface area contributed by atoms with Gasteiger partial charge in [-0.2, -0.15) is 0 Å². The molecule has 0 aliphatic rings. The van der Waals surface area contributed by atoms with Gasteiger partial charge < -0.3 is 5.32 Å². The summed E-state index contributed by atoms with van der Waals surface area (Å²) in [4.78, 5) is 12.6. The number of rotatable bonds is 5. The van der Waals surface area contributed by atoms with Crippen LogP contribution in [0.25, 0.3) is 0 Å². The van der Waals surface area contributed by atoms with Crippen molar-refractivity contribution in [2.45, 2.75) is 25.7 Å². The maximum atomic E-state index is 12.9. The van der Waals surface area contributed by atoms with Crippen molar-refractivity contribution in [2.24, 2.45) is 0 Å². The van der Waals surface area contributed by atoms with Crippen LogP contribution in [0.1, 0.15) is 27.0 Å². The molecule has 0 bridgehead atoms. The Morgan fingerprint density at radius 1 is 0.828 bits per heavy atom. The molecule has 0 fully saturated rings. The second kappa shape index (κ2) is 8.27. The van der Waals surface area contributed by atoms with Crippen LogP contribution in [0, 0.1) is 20.8 Å². The Labute approximate surface area is 175 Å². The second-order valence-electron chi connectivity index (χ2n) is 6.85. The number of nitrogens with one attached hydrogen (secondary N) is 2. The van der Waals surface area contributed by atoms with Gasteiger partial charge in [0, 0.05) is 22.0 Å². The summed E-state index contributed by atoms with van der Waals surface area (Å²) in [6.07, 6.45) is 0. The van der Waals surface area contributed by atoms with E-state index in [1.54, 1.807) is 55.5 Å². The number of carbonyl (C=O) groups excluding carboxylic acids is 1. The van der Waals surface area contributed by atoms with Crippen LogP contribution in [-0.2, 0) is 10.0 Å². The fraction of sp³-hybridized carbons (Fsp3) is 0.136. The van der Waals surface area contributed by atoms with Crippen molar-refractivity contribution in [1.29, 1.82) is 0 Å². The van der Waals surface area contributed by atoms with Crippen LogP contribution in [0.5, 0.6) is 0 Å². The molecule has 5 nitrogen and oxygen atoms in total. The third-order valence-electron chi connectivity index (χ3n) is 4.58. The lowest BCUT2D eigenvalue weighted by Crippen LogP contribution is -2.17. The van der Waals surface area contributed by atoms with Crippen LogP contribution >= 0.6 is 11.6 Å². The molecule has 0 aliphatic carbocycles. The minimum atomic E-state index is -3.86. The molecular formula is C22H21ClN2O3S. The van der Waals surface area contributed by atoms with Gasteiger partial charge in [-0.1, -0.05) is 29.8 Å². The molecule has 0 saturated carbocycles. The minimum Gasteiger partial charge on any atom is -0.322 e. The highest BCUT2D eigenvalue weighted by Gasteiger charge is 2.20. The van der Waals surface area contributed by atoms with Gasteiger partial charge in [0.25, 0.3) is 15.9 Å². The van der Waals surface area contributed by atoms with Crippen LogP contribution in [-0.4, -0.2) is 14.3 Å². The molecule has 0 saturated heterocycles. The molecule has 0 unspecified atom stereocenters. The Bertz CT molecular complexity index is 1190. The van der Waals surface area contributed by atoms with Gasteiger partial charge in [-0.25, -0.2) is 8.42 Å². The molecule has 0 aromatic heterocycles. The zero-order valence-electron chi connectivity index (χ0n) is 16.3. The highest BCUT2D eigenvalue weighted by molar-refractivity contribution is 7.92. The highest BCUT2D eigenvalue weighted by Crippen LogP contribution is 2.23. The smallest absolute Gasteiger partial charge is 0.262 e. The number of anilines is 2. The van der Waals surface area contributed by atoms with E-state index in [-0.39, 0.29) is 10.5 Å². The van der Waals surface area contributed by atoms with Crippen molar-refractivity contribution in [3.8, 4) is 0 Å². The summed E-state index contributed by atoms with van der Waals surface area (Å²) < 4.78 is 28.5. The zero-order valence-corrected chi connectivity index (χ0v) is 17.9. The van der Waals surface area contributed by atoms with Gasteiger partial charge in [-0.05, 0) is 79.9 Å². The minimum absolute atomic E-state index is 0.0504. The van der Waals surface area contributed by atoms with Crippen LogP contribution in [0.4, 0.5) is 11.4 Å². The maximum absolute atomic E-state index is 12.9. The van der Waals surface area contributed by atoms with Crippen LogP contribution < -0.4 is 10.0 Å². The maximum Gasteiger partial charge on any atom is 0.262 e. The van der Waals surface area contributed by atoms with Crippen LogP contribution in [0.3, 0.4) is 0 Å². The molecular weight excluding hydrogens is 408 g/mol. The summed E-state index contributed by atoms with van der Waals surface area (Å²) in [6, 6.07) is 16.7. The molecule has 0 atom stereocenters. The molecule has 3 rings (SSSR count). The monoisotopic (exact) mass is 428 g/mol. The average molecular weight is 429 g/mol. The van der Waals surface area contributed by atoms with Gasteiger partial charge in [-0.3, -0.25) is 9.52 Å². The Balaban J connectivity index is 1.89. The Hall–Kier alpha value is -2.83. The number of amides is 1. The van der Waals surface area contributed by atoms with Gasteiger partial charge in [0.05, 0.1) is 4.90 Å².